The minimum Gasteiger partial charge on any atom is -0.368 e. The van der Waals surface area contributed by atoms with Crippen LogP contribution < -0.4 is 5.73 Å². The lowest BCUT2D eigenvalue weighted by atomic mass is 10.00. The molecular weight excluding hydrogens is 312 g/mol. The summed E-state index contributed by atoms with van der Waals surface area (Å²) >= 11 is 3.36. The molecule has 2 heterocycles. The first-order chi connectivity index (χ1) is 9.08. The van der Waals surface area contributed by atoms with Crippen molar-refractivity contribution in [3.63, 3.8) is 0 Å². The molecule has 0 bridgehead atoms. The van der Waals surface area contributed by atoms with Gasteiger partial charge in [-0.25, -0.2) is 4.98 Å². The second-order valence-electron chi connectivity index (χ2n) is 4.46. The number of likely N-dealkylation sites (tertiary alicyclic amines) is 1. The Labute approximate surface area is 117 Å². The van der Waals surface area contributed by atoms with Gasteiger partial charge < -0.3 is 15.6 Å². The third kappa shape index (κ3) is 1.90. The Morgan fingerprint density at radius 3 is 2.89 bits per heavy atom. The fourth-order valence-electron chi connectivity index (χ4n) is 2.26. The van der Waals surface area contributed by atoms with E-state index >= 15 is 0 Å². The quantitative estimate of drug-likeness (QED) is 0.864. The molecule has 1 saturated heterocycles. The van der Waals surface area contributed by atoms with Crippen LogP contribution in [0.5, 0.6) is 0 Å². The van der Waals surface area contributed by atoms with Crippen LogP contribution in [-0.2, 0) is 4.79 Å². The van der Waals surface area contributed by atoms with Crippen molar-refractivity contribution in [2.75, 3.05) is 6.54 Å². The number of carbonyl (C=O) groups excluding carboxylic acids is 2. The first-order valence-electron chi connectivity index (χ1n) is 5.81. The van der Waals surface area contributed by atoms with Crippen molar-refractivity contribution in [1.29, 1.82) is 0 Å². The molecule has 2 aromatic rings. The lowest BCUT2D eigenvalue weighted by Crippen LogP contribution is -2.57. The molecule has 1 aliphatic heterocycles. The maximum absolute atomic E-state index is 12.4. The van der Waals surface area contributed by atoms with Crippen LogP contribution in [-0.4, -0.2) is 39.3 Å². The van der Waals surface area contributed by atoms with E-state index in [0.717, 1.165) is 9.99 Å². The molecule has 1 aromatic heterocycles. The summed E-state index contributed by atoms with van der Waals surface area (Å²) in [5.41, 5.74) is 7.10. The standard InChI is InChI=1S/C12H11BrN4O2/c13-6-3-7(10-8(4-6)15-5-16-10)12(19)17-2-1-9(17)11(14)18/h3-5,9H,1-2H2,(H2,14,18)(H,15,16). The number of aromatic nitrogens is 2. The Morgan fingerprint density at radius 2 is 2.26 bits per heavy atom. The van der Waals surface area contributed by atoms with E-state index in [9.17, 15) is 9.59 Å². The van der Waals surface area contributed by atoms with Gasteiger partial charge in [0.1, 0.15) is 11.6 Å². The summed E-state index contributed by atoms with van der Waals surface area (Å²) in [5, 5.41) is 0. The molecule has 1 atom stereocenters. The predicted octanol–water partition coefficient (Wildman–Crippen LogP) is 1.03. The van der Waals surface area contributed by atoms with Gasteiger partial charge in [-0.3, -0.25) is 9.59 Å². The van der Waals surface area contributed by atoms with Crippen LogP contribution in [0.3, 0.4) is 0 Å². The monoisotopic (exact) mass is 322 g/mol. The van der Waals surface area contributed by atoms with Crippen molar-refractivity contribution in [2.45, 2.75) is 12.5 Å². The maximum atomic E-state index is 12.4. The number of benzene rings is 1. The normalized spacial score (nSPS) is 18.4. The summed E-state index contributed by atoms with van der Waals surface area (Å²) < 4.78 is 0.781. The van der Waals surface area contributed by atoms with Gasteiger partial charge in [-0.2, -0.15) is 0 Å². The molecule has 1 aromatic carbocycles. The third-order valence-electron chi connectivity index (χ3n) is 3.33. The molecule has 19 heavy (non-hydrogen) atoms. The third-order valence-corrected chi connectivity index (χ3v) is 3.79. The summed E-state index contributed by atoms with van der Waals surface area (Å²) in [6.07, 6.45) is 2.16. The average Bonchev–Trinajstić information content (AvgIpc) is 2.72. The second-order valence-corrected chi connectivity index (χ2v) is 5.37. The molecule has 2 amide bonds. The number of primary amides is 1. The topological polar surface area (TPSA) is 92.1 Å². The molecule has 1 aliphatic rings. The largest absolute Gasteiger partial charge is 0.368 e. The Hall–Kier alpha value is -1.89. The molecule has 3 N–H and O–H groups in total. The molecule has 0 spiro atoms. The van der Waals surface area contributed by atoms with E-state index in [2.05, 4.69) is 25.9 Å². The van der Waals surface area contributed by atoms with Crippen LogP contribution in [0.4, 0.5) is 0 Å². The molecule has 7 heteroatoms. The number of rotatable bonds is 2. The fourth-order valence-corrected chi connectivity index (χ4v) is 2.72. The minimum atomic E-state index is -0.500. The summed E-state index contributed by atoms with van der Waals surface area (Å²) in [6, 6.07) is 3.06. The van der Waals surface area contributed by atoms with Gasteiger partial charge in [0.15, 0.2) is 0 Å². The van der Waals surface area contributed by atoms with E-state index in [1.807, 2.05) is 6.07 Å². The smallest absolute Gasteiger partial charge is 0.256 e. The number of fused-ring (bicyclic) bond motifs is 1. The van der Waals surface area contributed by atoms with E-state index in [1.165, 1.54) is 11.2 Å². The Bertz CT molecular complexity index is 681. The van der Waals surface area contributed by atoms with E-state index in [1.54, 1.807) is 6.07 Å². The summed E-state index contributed by atoms with van der Waals surface area (Å²) in [4.78, 5) is 32.3. The van der Waals surface area contributed by atoms with Gasteiger partial charge in [0.05, 0.1) is 17.4 Å². The maximum Gasteiger partial charge on any atom is 0.256 e. The zero-order valence-corrected chi connectivity index (χ0v) is 11.5. The van der Waals surface area contributed by atoms with Gasteiger partial charge >= 0.3 is 0 Å². The van der Waals surface area contributed by atoms with Crippen LogP contribution >= 0.6 is 15.9 Å². The van der Waals surface area contributed by atoms with Crippen molar-refractivity contribution in [2.24, 2.45) is 5.73 Å². The van der Waals surface area contributed by atoms with E-state index in [0.29, 0.717) is 24.0 Å². The minimum absolute atomic E-state index is 0.214. The second kappa shape index (κ2) is 4.34. The highest BCUT2D eigenvalue weighted by molar-refractivity contribution is 9.10. The number of imidazole rings is 1. The van der Waals surface area contributed by atoms with Gasteiger partial charge in [-0.05, 0) is 18.6 Å². The number of amides is 2. The lowest BCUT2D eigenvalue weighted by molar-refractivity contribution is -0.125. The highest BCUT2D eigenvalue weighted by atomic mass is 79.9. The predicted molar refractivity (Wildman–Crippen MR) is 72.4 cm³/mol. The summed E-state index contributed by atoms with van der Waals surface area (Å²) in [5.74, 6) is -0.679. The Morgan fingerprint density at radius 1 is 1.47 bits per heavy atom. The highest BCUT2D eigenvalue weighted by Gasteiger charge is 2.37. The van der Waals surface area contributed by atoms with Gasteiger partial charge in [0, 0.05) is 11.0 Å². The fraction of sp³-hybridized carbons (Fsp3) is 0.250. The number of carbonyl (C=O) groups is 2. The van der Waals surface area contributed by atoms with E-state index in [4.69, 9.17) is 5.73 Å². The van der Waals surface area contributed by atoms with Gasteiger partial charge in [0.2, 0.25) is 5.91 Å². The molecule has 0 radical (unpaired) electrons. The van der Waals surface area contributed by atoms with Crippen molar-refractivity contribution in [3.05, 3.63) is 28.5 Å². The number of hydrogen-bond donors (Lipinski definition) is 2. The summed E-state index contributed by atoms with van der Waals surface area (Å²) in [6.45, 7) is 0.546. The number of nitrogens with two attached hydrogens (primary N) is 1. The molecule has 1 unspecified atom stereocenters. The van der Waals surface area contributed by atoms with Crippen LogP contribution in [0.25, 0.3) is 11.0 Å². The number of aromatic amines is 1. The number of nitrogens with zero attached hydrogens (tertiary/aromatic N) is 2. The Kier molecular flexibility index (Phi) is 2.78. The number of nitrogens with one attached hydrogen (secondary N) is 1. The zero-order valence-electron chi connectivity index (χ0n) is 9.89. The van der Waals surface area contributed by atoms with Crippen LogP contribution in [0, 0.1) is 0 Å². The molecule has 1 fully saturated rings. The van der Waals surface area contributed by atoms with Gasteiger partial charge in [-0.1, -0.05) is 15.9 Å². The average molecular weight is 323 g/mol. The molecule has 0 saturated carbocycles. The molecular formula is C12H11BrN4O2. The van der Waals surface area contributed by atoms with Crippen molar-refractivity contribution in [1.82, 2.24) is 14.9 Å². The van der Waals surface area contributed by atoms with Crippen molar-refractivity contribution < 1.29 is 9.59 Å². The van der Waals surface area contributed by atoms with Crippen LogP contribution in [0.15, 0.2) is 22.9 Å². The number of hydrogen-bond acceptors (Lipinski definition) is 3. The highest BCUT2D eigenvalue weighted by Crippen LogP contribution is 2.26. The first kappa shape index (κ1) is 12.2. The lowest BCUT2D eigenvalue weighted by Gasteiger charge is -2.38. The van der Waals surface area contributed by atoms with Crippen molar-refractivity contribution >= 4 is 38.8 Å². The number of H-pyrrole nitrogens is 1. The van der Waals surface area contributed by atoms with Crippen LogP contribution in [0.2, 0.25) is 0 Å². The van der Waals surface area contributed by atoms with Crippen LogP contribution in [0.1, 0.15) is 16.8 Å². The molecule has 0 aliphatic carbocycles. The Balaban J connectivity index is 2.02. The van der Waals surface area contributed by atoms with E-state index in [-0.39, 0.29) is 5.91 Å². The summed E-state index contributed by atoms with van der Waals surface area (Å²) in [7, 11) is 0. The SMILES string of the molecule is NC(=O)C1CCN1C(=O)c1cc(Br)cc2[nH]cnc12. The zero-order chi connectivity index (χ0) is 13.6. The molecule has 3 rings (SSSR count). The first-order valence-corrected chi connectivity index (χ1v) is 6.60. The van der Waals surface area contributed by atoms with Crippen molar-refractivity contribution in [3.8, 4) is 0 Å². The van der Waals surface area contributed by atoms with Gasteiger partial charge in [-0.15, -0.1) is 0 Å². The van der Waals surface area contributed by atoms with E-state index < -0.39 is 11.9 Å². The number of halogens is 1. The molecule has 6 nitrogen and oxygen atoms in total. The van der Waals surface area contributed by atoms with Gasteiger partial charge in [0.25, 0.3) is 5.91 Å². The molecule has 98 valence electrons.